The molecular formula is C15H19FN2O3. The Labute approximate surface area is 122 Å². The van der Waals surface area contributed by atoms with Crippen LogP contribution >= 0.6 is 0 Å². The summed E-state index contributed by atoms with van der Waals surface area (Å²) in [6.07, 6.45) is 2.00. The first-order valence-electron chi connectivity index (χ1n) is 6.98. The number of carbonyl (C=O) groups is 2. The number of ether oxygens (including phenoxy) is 1. The van der Waals surface area contributed by atoms with Crippen LogP contribution < -0.4 is 11.1 Å². The molecule has 5 nitrogen and oxygen atoms in total. The van der Waals surface area contributed by atoms with Crippen LogP contribution in [0.15, 0.2) is 24.3 Å². The third-order valence-corrected chi connectivity index (χ3v) is 3.60. The molecule has 3 N–H and O–H groups in total. The molecular weight excluding hydrogens is 275 g/mol. The van der Waals surface area contributed by atoms with Crippen molar-refractivity contribution in [1.29, 1.82) is 0 Å². The fourth-order valence-corrected chi connectivity index (χ4v) is 2.35. The van der Waals surface area contributed by atoms with Crippen molar-refractivity contribution in [1.82, 2.24) is 5.32 Å². The van der Waals surface area contributed by atoms with Crippen LogP contribution in [0.25, 0.3) is 0 Å². The first-order valence-corrected chi connectivity index (χ1v) is 6.98. The molecule has 0 aliphatic carbocycles. The second kappa shape index (κ2) is 7.17. The van der Waals surface area contributed by atoms with E-state index in [9.17, 15) is 14.0 Å². The molecule has 1 aromatic carbocycles. The summed E-state index contributed by atoms with van der Waals surface area (Å²) in [4.78, 5) is 23.4. The highest BCUT2D eigenvalue weighted by Crippen LogP contribution is 2.19. The number of hydrogen-bond acceptors (Lipinski definition) is 3. The van der Waals surface area contributed by atoms with Crippen molar-refractivity contribution in [2.45, 2.75) is 25.3 Å². The maximum absolute atomic E-state index is 12.9. The van der Waals surface area contributed by atoms with Gasteiger partial charge in [-0.2, -0.15) is 0 Å². The van der Waals surface area contributed by atoms with Gasteiger partial charge in [-0.05, 0) is 36.5 Å². The summed E-state index contributed by atoms with van der Waals surface area (Å²) in [6, 6.07) is 4.41. The third kappa shape index (κ3) is 4.53. The summed E-state index contributed by atoms with van der Waals surface area (Å²) in [7, 11) is 0. The van der Waals surface area contributed by atoms with Crippen molar-refractivity contribution in [3.05, 3.63) is 35.6 Å². The number of halogens is 1. The van der Waals surface area contributed by atoms with Crippen LogP contribution in [0.2, 0.25) is 0 Å². The minimum absolute atomic E-state index is 0.241. The maximum Gasteiger partial charge on any atom is 0.244 e. The molecule has 0 unspecified atom stereocenters. The molecule has 1 heterocycles. The van der Waals surface area contributed by atoms with E-state index < -0.39 is 17.8 Å². The zero-order valence-electron chi connectivity index (χ0n) is 11.7. The summed E-state index contributed by atoms with van der Waals surface area (Å²) < 4.78 is 18.1. The Hall–Kier alpha value is -1.95. The largest absolute Gasteiger partial charge is 0.381 e. The average molecular weight is 294 g/mol. The van der Waals surface area contributed by atoms with Crippen LogP contribution in [0, 0.1) is 11.7 Å². The van der Waals surface area contributed by atoms with Crippen molar-refractivity contribution in [3.8, 4) is 0 Å². The smallest absolute Gasteiger partial charge is 0.244 e. The number of primary amides is 1. The van der Waals surface area contributed by atoms with E-state index in [1.165, 1.54) is 24.3 Å². The highest BCUT2D eigenvalue weighted by molar-refractivity contribution is 5.87. The molecule has 0 aromatic heterocycles. The first kappa shape index (κ1) is 15.4. The number of nitrogens with two attached hydrogens (primary N) is 1. The van der Waals surface area contributed by atoms with Crippen molar-refractivity contribution < 1.29 is 18.7 Å². The quantitative estimate of drug-likeness (QED) is 0.829. The molecule has 1 fully saturated rings. The molecule has 0 radical (unpaired) electrons. The zero-order valence-corrected chi connectivity index (χ0v) is 11.7. The van der Waals surface area contributed by atoms with Crippen molar-refractivity contribution in [2.75, 3.05) is 13.2 Å². The van der Waals surface area contributed by atoms with Gasteiger partial charge in [0, 0.05) is 19.6 Å². The summed E-state index contributed by atoms with van der Waals surface area (Å²) in [5, 5.41) is 2.60. The number of rotatable bonds is 6. The Morgan fingerprint density at radius 2 is 2.10 bits per heavy atom. The summed E-state index contributed by atoms with van der Waals surface area (Å²) in [5.41, 5.74) is 5.78. The van der Waals surface area contributed by atoms with Crippen LogP contribution in [0.4, 0.5) is 4.39 Å². The molecule has 2 amide bonds. The molecule has 1 saturated heterocycles. The Morgan fingerprint density at radius 3 is 2.67 bits per heavy atom. The molecule has 0 spiro atoms. The number of amides is 2. The van der Waals surface area contributed by atoms with Gasteiger partial charge in [0.25, 0.3) is 0 Å². The highest BCUT2D eigenvalue weighted by Gasteiger charge is 2.22. The van der Waals surface area contributed by atoms with E-state index in [0.717, 1.165) is 19.4 Å². The lowest BCUT2D eigenvalue weighted by atomic mass is 10.0. The Bertz CT molecular complexity index is 498. The lowest BCUT2D eigenvalue weighted by molar-refractivity contribution is -0.127. The van der Waals surface area contributed by atoms with Gasteiger partial charge in [-0.1, -0.05) is 12.1 Å². The van der Waals surface area contributed by atoms with Gasteiger partial charge in [-0.15, -0.1) is 0 Å². The van der Waals surface area contributed by atoms with E-state index in [1.54, 1.807) is 0 Å². The minimum atomic E-state index is -0.932. The Balaban J connectivity index is 1.91. The standard InChI is InChI=1S/C15H19FN2O3/c16-12-4-2-11(3-5-12)14(15(17)20)18-13(19)6-1-10-7-8-21-9-10/h2-5,10,14H,1,6-9H2,(H2,17,20)(H,18,19)/t10-,14+/m1/s1. The number of hydrogen-bond donors (Lipinski definition) is 2. The summed E-state index contributed by atoms with van der Waals surface area (Å²) in [5.74, 6) is -0.919. The molecule has 21 heavy (non-hydrogen) atoms. The predicted octanol–water partition coefficient (Wildman–Crippen LogP) is 1.28. The van der Waals surface area contributed by atoms with Crippen molar-refractivity contribution in [2.24, 2.45) is 11.7 Å². The molecule has 1 aliphatic heterocycles. The Kier molecular flexibility index (Phi) is 5.27. The van der Waals surface area contributed by atoms with Gasteiger partial charge >= 0.3 is 0 Å². The first-order chi connectivity index (χ1) is 10.1. The SMILES string of the molecule is NC(=O)[C@@H](NC(=O)CC[C@@H]1CCOC1)c1ccc(F)cc1. The van der Waals surface area contributed by atoms with Crippen molar-refractivity contribution >= 4 is 11.8 Å². The van der Waals surface area contributed by atoms with E-state index in [0.29, 0.717) is 24.5 Å². The molecule has 0 bridgehead atoms. The van der Waals surface area contributed by atoms with Gasteiger partial charge in [0.2, 0.25) is 11.8 Å². The third-order valence-electron chi connectivity index (χ3n) is 3.60. The van der Waals surface area contributed by atoms with E-state index in [-0.39, 0.29) is 5.91 Å². The topological polar surface area (TPSA) is 81.4 Å². The van der Waals surface area contributed by atoms with E-state index in [4.69, 9.17) is 10.5 Å². The molecule has 2 rings (SSSR count). The number of carbonyl (C=O) groups excluding carboxylic acids is 2. The molecule has 1 aromatic rings. The predicted molar refractivity (Wildman–Crippen MR) is 74.6 cm³/mol. The zero-order chi connectivity index (χ0) is 15.2. The monoisotopic (exact) mass is 294 g/mol. The maximum atomic E-state index is 12.9. The van der Waals surface area contributed by atoms with Crippen LogP contribution in [-0.2, 0) is 14.3 Å². The van der Waals surface area contributed by atoms with Crippen molar-refractivity contribution in [3.63, 3.8) is 0 Å². The fourth-order valence-electron chi connectivity index (χ4n) is 2.35. The minimum Gasteiger partial charge on any atom is -0.381 e. The van der Waals surface area contributed by atoms with Crippen LogP contribution in [-0.4, -0.2) is 25.0 Å². The van der Waals surface area contributed by atoms with Gasteiger partial charge in [0.1, 0.15) is 11.9 Å². The molecule has 1 aliphatic rings. The van der Waals surface area contributed by atoms with Gasteiger partial charge in [-0.3, -0.25) is 9.59 Å². The number of nitrogens with one attached hydrogen (secondary N) is 1. The number of benzene rings is 1. The van der Waals surface area contributed by atoms with E-state index >= 15 is 0 Å². The van der Waals surface area contributed by atoms with Gasteiger partial charge < -0.3 is 15.8 Å². The van der Waals surface area contributed by atoms with E-state index in [1.807, 2.05) is 0 Å². The molecule has 6 heteroatoms. The highest BCUT2D eigenvalue weighted by atomic mass is 19.1. The summed E-state index contributed by atoms with van der Waals surface area (Å²) in [6.45, 7) is 1.43. The normalized spacial score (nSPS) is 19.2. The molecule has 2 atom stereocenters. The Morgan fingerprint density at radius 1 is 1.38 bits per heavy atom. The second-order valence-corrected chi connectivity index (χ2v) is 5.22. The second-order valence-electron chi connectivity index (χ2n) is 5.22. The van der Waals surface area contributed by atoms with E-state index in [2.05, 4.69) is 5.32 Å². The van der Waals surface area contributed by atoms with Crippen LogP contribution in [0.3, 0.4) is 0 Å². The molecule has 0 saturated carbocycles. The fraction of sp³-hybridized carbons (Fsp3) is 0.467. The molecule has 114 valence electrons. The van der Waals surface area contributed by atoms with Crippen LogP contribution in [0.5, 0.6) is 0 Å². The van der Waals surface area contributed by atoms with Gasteiger partial charge in [0.05, 0.1) is 0 Å². The van der Waals surface area contributed by atoms with Gasteiger partial charge in [0.15, 0.2) is 0 Å². The van der Waals surface area contributed by atoms with Gasteiger partial charge in [-0.25, -0.2) is 4.39 Å². The summed E-state index contributed by atoms with van der Waals surface area (Å²) >= 11 is 0. The lowest BCUT2D eigenvalue weighted by Gasteiger charge is -2.16. The average Bonchev–Trinajstić information content (AvgIpc) is 2.97. The van der Waals surface area contributed by atoms with Crippen LogP contribution in [0.1, 0.15) is 30.9 Å². The lowest BCUT2D eigenvalue weighted by Crippen LogP contribution is -2.37.